The lowest BCUT2D eigenvalue weighted by Gasteiger charge is -2.15. The molecule has 0 atom stereocenters. The molecule has 0 aromatic carbocycles. The second-order valence-corrected chi connectivity index (χ2v) is 5.10. The summed E-state index contributed by atoms with van der Waals surface area (Å²) in [5.41, 5.74) is 1.43. The Hall–Kier alpha value is -0.235. The van der Waals surface area contributed by atoms with Gasteiger partial charge >= 0.3 is 0 Å². The van der Waals surface area contributed by atoms with Gasteiger partial charge in [-0.25, -0.2) is 0 Å². The third kappa shape index (κ3) is 7.20. The van der Waals surface area contributed by atoms with Crippen molar-refractivity contribution in [3.63, 3.8) is 0 Å². The van der Waals surface area contributed by atoms with Crippen LogP contribution in [0.1, 0.15) is 26.7 Å². The quantitative estimate of drug-likeness (QED) is 0.564. The molecule has 0 saturated carbocycles. The molecule has 0 aromatic heterocycles. The van der Waals surface area contributed by atoms with E-state index in [1.54, 1.807) is 0 Å². The summed E-state index contributed by atoms with van der Waals surface area (Å²) in [5.74, 6) is 0.749. The van der Waals surface area contributed by atoms with Crippen LogP contribution < -0.4 is 0 Å². The van der Waals surface area contributed by atoms with E-state index in [-0.39, 0.29) is 0 Å². The van der Waals surface area contributed by atoms with E-state index in [9.17, 15) is 0 Å². The Morgan fingerprint density at radius 2 is 1.93 bits per heavy atom. The van der Waals surface area contributed by atoms with Gasteiger partial charge in [-0.1, -0.05) is 27.0 Å². The van der Waals surface area contributed by atoms with E-state index in [4.69, 9.17) is 0 Å². The van der Waals surface area contributed by atoms with Gasteiger partial charge in [-0.05, 0) is 39.4 Å². The van der Waals surface area contributed by atoms with Gasteiger partial charge < -0.3 is 4.90 Å². The molecule has 0 bridgehead atoms. The summed E-state index contributed by atoms with van der Waals surface area (Å²) in [7, 11) is 4.27. The topological polar surface area (TPSA) is 3.24 Å². The number of hydrogen-bond donors (Lipinski definition) is 0. The molecule has 0 unspecified atom stereocenters. The van der Waals surface area contributed by atoms with Crippen LogP contribution in [-0.2, 0) is 0 Å². The first-order chi connectivity index (χ1) is 6.43. The molecule has 82 valence electrons. The number of hydrogen-bond acceptors (Lipinski definition) is 1. The summed E-state index contributed by atoms with van der Waals surface area (Å²) < 4.78 is 0. The van der Waals surface area contributed by atoms with E-state index in [0.717, 1.165) is 5.92 Å². The summed E-state index contributed by atoms with van der Waals surface area (Å²) in [4.78, 5) is 2.25. The van der Waals surface area contributed by atoms with Crippen LogP contribution in [0.15, 0.2) is 12.1 Å². The van der Waals surface area contributed by atoms with Crippen molar-refractivity contribution in [2.24, 2.45) is 5.92 Å². The average molecular weight is 195 g/mol. The molecule has 0 spiro atoms. The second kappa shape index (κ2) is 7.11. The van der Waals surface area contributed by atoms with Crippen molar-refractivity contribution in [1.29, 1.82) is 0 Å². The second-order valence-electron chi connectivity index (χ2n) is 5.10. The minimum absolute atomic E-state index is 0.692. The molecule has 2 heteroatoms. The van der Waals surface area contributed by atoms with Crippen LogP contribution in [0.3, 0.4) is 0 Å². The van der Waals surface area contributed by atoms with Gasteiger partial charge in [0.05, 0.1) is 0 Å². The van der Waals surface area contributed by atoms with Crippen LogP contribution in [0, 0.1) is 5.92 Å². The minimum Gasteiger partial charge on any atom is -0.309 e. The monoisotopic (exact) mass is 195 g/mol. The van der Waals surface area contributed by atoms with Crippen molar-refractivity contribution in [3.05, 3.63) is 12.1 Å². The summed E-state index contributed by atoms with van der Waals surface area (Å²) in [5, 5.41) is 0. The van der Waals surface area contributed by atoms with Crippen molar-refractivity contribution in [2.45, 2.75) is 39.8 Å². The molecule has 0 heterocycles. The molecule has 0 aliphatic rings. The van der Waals surface area contributed by atoms with Gasteiger partial charge in [-0.3, -0.25) is 0 Å². The highest BCUT2D eigenvalue weighted by atomic mass is 15.0. The maximum Gasteiger partial charge on any atom is 0.166 e. The molecule has 14 heavy (non-hydrogen) atoms. The fraction of sp³-hybridized carbons (Fsp3) is 0.833. The zero-order valence-corrected chi connectivity index (χ0v) is 10.6. The van der Waals surface area contributed by atoms with E-state index in [0.29, 0.717) is 6.71 Å². The Balaban J connectivity index is 3.62. The van der Waals surface area contributed by atoms with Crippen molar-refractivity contribution in [2.75, 3.05) is 20.6 Å². The number of nitrogens with zero attached hydrogens (tertiary/aromatic N) is 1. The van der Waals surface area contributed by atoms with Gasteiger partial charge in [-0.15, -0.1) is 12.1 Å². The maximum absolute atomic E-state index is 4.18. The first-order valence-electron chi connectivity index (χ1n) is 5.75. The molecule has 0 N–H and O–H groups in total. The molecule has 0 aliphatic carbocycles. The molecule has 0 amide bonds. The first kappa shape index (κ1) is 13.8. The van der Waals surface area contributed by atoms with Gasteiger partial charge in [0, 0.05) is 0 Å². The smallest absolute Gasteiger partial charge is 0.166 e. The largest absolute Gasteiger partial charge is 0.309 e. The standard InChI is InChI=1S/C12H26BN/c1-11(2)10-12(3)13(4)8-7-9-14(5)6/h11H,3,7-10H2,1-2,4-6H3. The van der Waals surface area contributed by atoms with Crippen LogP contribution in [0.2, 0.25) is 13.1 Å². The van der Waals surface area contributed by atoms with Crippen molar-refractivity contribution in [3.8, 4) is 0 Å². The van der Waals surface area contributed by atoms with E-state index in [2.05, 4.69) is 46.2 Å². The third-order valence-corrected chi connectivity index (χ3v) is 2.61. The lowest BCUT2D eigenvalue weighted by molar-refractivity contribution is 0.408. The molecule has 0 fully saturated rings. The first-order valence-corrected chi connectivity index (χ1v) is 5.75. The Labute approximate surface area is 90.6 Å². The number of rotatable bonds is 7. The van der Waals surface area contributed by atoms with Crippen LogP contribution >= 0.6 is 0 Å². The van der Waals surface area contributed by atoms with Gasteiger partial charge in [0.15, 0.2) is 6.71 Å². The Kier molecular flexibility index (Phi) is 6.99. The minimum atomic E-state index is 0.692. The summed E-state index contributed by atoms with van der Waals surface area (Å²) in [6.45, 7) is 12.9. The highest BCUT2D eigenvalue weighted by Crippen LogP contribution is 2.15. The molecule has 0 aliphatic heterocycles. The van der Waals surface area contributed by atoms with E-state index < -0.39 is 0 Å². The van der Waals surface area contributed by atoms with Crippen molar-refractivity contribution in [1.82, 2.24) is 4.90 Å². The van der Waals surface area contributed by atoms with Crippen LogP contribution in [0.5, 0.6) is 0 Å². The summed E-state index contributed by atoms with van der Waals surface area (Å²) in [6, 6.07) is 0. The summed E-state index contributed by atoms with van der Waals surface area (Å²) >= 11 is 0. The van der Waals surface area contributed by atoms with Crippen LogP contribution in [0.25, 0.3) is 0 Å². The van der Waals surface area contributed by atoms with Gasteiger partial charge in [0.1, 0.15) is 0 Å². The van der Waals surface area contributed by atoms with E-state index in [1.807, 2.05) is 0 Å². The Morgan fingerprint density at radius 3 is 2.36 bits per heavy atom. The predicted molar refractivity (Wildman–Crippen MR) is 68.2 cm³/mol. The molecule has 0 rings (SSSR count). The lowest BCUT2D eigenvalue weighted by Crippen LogP contribution is -2.17. The van der Waals surface area contributed by atoms with E-state index in [1.165, 1.54) is 31.2 Å². The molecule has 0 saturated heterocycles. The average Bonchev–Trinajstić information content (AvgIpc) is 2.01. The van der Waals surface area contributed by atoms with Crippen molar-refractivity contribution >= 4 is 6.71 Å². The van der Waals surface area contributed by atoms with E-state index >= 15 is 0 Å². The van der Waals surface area contributed by atoms with Crippen LogP contribution in [-0.4, -0.2) is 32.3 Å². The third-order valence-electron chi connectivity index (χ3n) is 2.61. The van der Waals surface area contributed by atoms with Crippen molar-refractivity contribution < 1.29 is 0 Å². The lowest BCUT2D eigenvalue weighted by atomic mass is 9.43. The normalized spacial score (nSPS) is 11.1. The SMILES string of the molecule is C=C(CC(C)C)B(C)CCCN(C)C. The molecule has 0 aromatic rings. The fourth-order valence-electron chi connectivity index (χ4n) is 1.64. The maximum atomic E-state index is 4.18. The van der Waals surface area contributed by atoms with Gasteiger partial charge in [0.2, 0.25) is 0 Å². The molecule has 1 nitrogen and oxygen atoms in total. The van der Waals surface area contributed by atoms with Gasteiger partial charge in [-0.2, -0.15) is 0 Å². The zero-order chi connectivity index (χ0) is 11.1. The predicted octanol–water partition coefficient (Wildman–Crippen LogP) is 3.20. The number of allylic oxidation sites excluding steroid dienone is 1. The summed E-state index contributed by atoms with van der Waals surface area (Å²) in [6.07, 6.45) is 3.75. The molecular weight excluding hydrogens is 169 g/mol. The van der Waals surface area contributed by atoms with Crippen LogP contribution in [0.4, 0.5) is 0 Å². The highest BCUT2D eigenvalue weighted by molar-refractivity contribution is 6.65. The molecule has 0 radical (unpaired) electrons. The Bertz CT molecular complexity index is 164. The highest BCUT2D eigenvalue weighted by Gasteiger charge is 2.11. The fourth-order valence-corrected chi connectivity index (χ4v) is 1.64. The molecular formula is C12H26BN. The Morgan fingerprint density at radius 1 is 1.36 bits per heavy atom. The zero-order valence-electron chi connectivity index (χ0n) is 10.6. The van der Waals surface area contributed by atoms with Gasteiger partial charge in [0.25, 0.3) is 0 Å².